The first kappa shape index (κ1) is 6.98. The van der Waals surface area contributed by atoms with E-state index in [0.717, 1.165) is 11.1 Å². The number of carbonyl (C=O) groups excluding carboxylic acids is 2. The highest BCUT2D eigenvalue weighted by Gasteiger charge is 2.14. The Morgan fingerprint density at radius 1 is 0.833 bits per heavy atom. The molecule has 12 heavy (non-hydrogen) atoms. The lowest BCUT2D eigenvalue weighted by atomic mass is 10.1. The number of fused-ring (bicyclic) bond motifs is 1. The lowest BCUT2D eigenvalue weighted by Crippen LogP contribution is -2.05. The summed E-state index contributed by atoms with van der Waals surface area (Å²) in [5, 5.41) is 0. The summed E-state index contributed by atoms with van der Waals surface area (Å²) in [5.41, 5.74) is 1.75. The molecule has 0 radical (unpaired) electrons. The lowest BCUT2D eigenvalue weighted by Gasteiger charge is -1.92. The average Bonchev–Trinajstić information content (AvgIpc) is 2.43. The first-order valence-corrected chi connectivity index (χ1v) is 3.64. The Labute approximate surface area is 69.6 Å². The van der Waals surface area contributed by atoms with Crippen molar-refractivity contribution >= 4 is 11.6 Å². The summed E-state index contributed by atoms with van der Waals surface area (Å²) in [7, 11) is 0. The molecule has 2 nitrogen and oxygen atoms in total. The van der Waals surface area contributed by atoms with Gasteiger partial charge in [0.25, 0.3) is 0 Å². The molecule has 0 aromatic carbocycles. The van der Waals surface area contributed by atoms with Gasteiger partial charge in [-0.2, -0.15) is 0 Å². The zero-order valence-corrected chi connectivity index (χ0v) is 6.28. The zero-order valence-electron chi connectivity index (χ0n) is 6.28. The van der Waals surface area contributed by atoms with Crippen molar-refractivity contribution in [3.63, 3.8) is 0 Å². The maximum absolute atomic E-state index is 11.0. The highest BCUT2D eigenvalue weighted by Crippen LogP contribution is 2.21. The van der Waals surface area contributed by atoms with E-state index >= 15 is 0 Å². The molecule has 0 unspecified atom stereocenters. The van der Waals surface area contributed by atoms with Crippen LogP contribution in [0.5, 0.6) is 0 Å². The van der Waals surface area contributed by atoms with Crippen molar-refractivity contribution in [3.05, 3.63) is 47.6 Å². The van der Waals surface area contributed by atoms with Crippen molar-refractivity contribution in [2.45, 2.75) is 0 Å². The molecule has 0 fully saturated rings. The predicted octanol–water partition coefficient (Wildman–Crippen LogP) is 1.12. The fraction of sp³-hybridized carbons (Fsp3) is 0. The summed E-state index contributed by atoms with van der Waals surface area (Å²) >= 11 is 0. The number of ketones is 2. The Balaban J connectivity index is 2.53. The van der Waals surface area contributed by atoms with Gasteiger partial charge in [0, 0.05) is 0 Å². The fourth-order valence-electron chi connectivity index (χ4n) is 1.19. The van der Waals surface area contributed by atoms with Crippen LogP contribution in [0.25, 0.3) is 0 Å². The minimum absolute atomic E-state index is 0.448. The van der Waals surface area contributed by atoms with E-state index in [9.17, 15) is 9.59 Å². The molecular weight excluding hydrogens is 152 g/mol. The van der Waals surface area contributed by atoms with Crippen LogP contribution in [0.15, 0.2) is 47.6 Å². The van der Waals surface area contributed by atoms with Gasteiger partial charge >= 0.3 is 0 Å². The predicted molar refractivity (Wildman–Crippen MR) is 44.5 cm³/mol. The number of carbonyl (C=O) groups is 2. The van der Waals surface area contributed by atoms with E-state index in [1.54, 1.807) is 6.08 Å². The Morgan fingerprint density at radius 3 is 2.50 bits per heavy atom. The quantitative estimate of drug-likeness (QED) is 0.495. The van der Waals surface area contributed by atoms with Gasteiger partial charge in [0.2, 0.25) is 11.6 Å². The normalized spacial score (nSPS) is 20.3. The van der Waals surface area contributed by atoms with Crippen LogP contribution in [-0.2, 0) is 9.59 Å². The number of allylic oxidation sites excluding steroid dienone is 8. The molecule has 0 spiro atoms. The molecule has 0 atom stereocenters. The standard InChI is InChI=1S/C10H6O2/c11-9-5-4-7-2-1-3-8(7)6-10(9)12/h1-6H. The van der Waals surface area contributed by atoms with E-state index in [4.69, 9.17) is 0 Å². The number of hydrogen-bond acceptors (Lipinski definition) is 2. The van der Waals surface area contributed by atoms with Crippen molar-refractivity contribution in [2.75, 3.05) is 0 Å². The molecular formula is C10H6O2. The largest absolute Gasteiger partial charge is 0.286 e. The number of hydrogen-bond donors (Lipinski definition) is 0. The van der Waals surface area contributed by atoms with Gasteiger partial charge in [-0.25, -0.2) is 0 Å². The molecule has 0 bridgehead atoms. The van der Waals surface area contributed by atoms with E-state index in [1.165, 1.54) is 12.2 Å². The van der Waals surface area contributed by atoms with Crippen LogP contribution in [-0.4, -0.2) is 11.6 Å². The molecule has 0 aromatic rings. The van der Waals surface area contributed by atoms with Crippen molar-refractivity contribution in [1.29, 1.82) is 0 Å². The smallest absolute Gasteiger partial charge is 0.226 e. The SMILES string of the molecule is O=C1C=CC2=CC=CC2=CC1=O. The van der Waals surface area contributed by atoms with Crippen LogP contribution < -0.4 is 0 Å². The second kappa shape index (κ2) is 2.41. The highest BCUT2D eigenvalue weighted by molar-refractivity contribution is 6.46. The van der Waals surface area contributed by atoms with Crippen molar-refractivity contribution in [3.8, 4) is 0 Å². The zero-order chi connectivity index (χ0) is 8.55. The second-order valence-corrected chi connectivity index (χ2v) is 2.64. The van der Waals surface area contributed by atoms with Gasteiger partial charge in [-0.1, -0.05) is 24.3 Å². The fourth-order valence-corrected chi connectivity index (χ4v) is 1.19. The van der Waals surface area contributed by atoms with E-state index in [-0.39, 0.29) is 0 Å². The molecule has 2 aliphatic rings. The summed E-state index contributed by atoms with van der Waals surface area (Å²) in [6.45, 7) is 0. The molecule has 58 valence electrons. The third-order valence-electron chi connectivity index (χ3n) is 1.83. The Bertz CT molecular complexity index is 379. The average molecular weight is 158 g/mol. The molecule has 0 aliphatic heterocycles. The van der Waals surface area contributed by atoms with Crippen LogP contribution in [0.2, 0.25) is 0 Å². The lowest BCUT2D eigenvalue weighted by molar-refractivity contribution is -0.130. The Hall–Kier alpha value is -1.70. The van der Waals surface area contributed by atoms with Crippen LogP contribution in [0, 0.1) is 0 Å². The van der Waals surface area contributed by atoms with E-state index in [2.05, 4.69) is 0 Å². The monoisotopic (exact) mass is 158 g/mol. The molecule has 0 N–H and O–H groups in total. The highest BCUT2D eigenvalue weighted by atomic mass is 16.2. The summed E-state index contributed by atoms with van der Waals surface area (Å²) in [6.07, 6.45) is 9.89. The first-order valence-electron chi connectivity index (χ1n) is 3.64. The summed E-state index contributed by atoms with van der Waals surface area (Å²) in [5.74, 6) is -0.901. The van der Waals surface area contributed by atoms with Crippen molar-refractivity contribution in [2.24, 2.45) is 0 Å². The number of rotatable bonds is 0. The first-order chi connectivity index (χ1) is 5.77. The third kappa shape index (κ3) is 0.975. The summed E-state index contributed by atoms with van der Waals surface area (Å²) in [4.78, 5) is 21.9. The molecule has 0 amide bonds. The molecule has 2 aliphatic carbocycles. The minimum Gasteiger partial charge on any atom is -0.286 e. The molecule has 0 heterocycles. The molecule has 0 saturated carbocycles. The molecule has 0 aromatic heterocycles. The Morgan fingerprint density at radius 2 is 1.67 bits per heavy atom. The van der Waals surface area contributed by atoms with E-state index in [0.29, 0.717) is 0 Å². The van der Waals surface area contributed by atoms with Crippen molar-refractivity contribution < 1.29 is 9.59 Å². The third-order valence-corrected chi connectivity index (χ3v) is 1.83. The van der Waals surface area contributed by atoms with Gasteiger partial charge in [0.15, 0.2) is 0 Å². The van der Waals surface area contributed by atoms with E-state index < -0.39 is 11.6 Å². The second-order valence-electron chi connectivity index (χ2n) is 2.64. The topological polar surface area (TPSA) is 34.1 Å². The van der Waals surface area contributed by atoms with Gasteiger partial charge in [0.05, 0.1) is 0 Å². The van der Waals surface area contributed by atoms with Gasteiger partial charge in [-0.15, -0.1) is 0 Å². The van der Waals surface area contributed by atoms with E-state index in [1.807, 2.05) is 18.2 Å². The minimum atomic E-state index is -0.453. The van der Waals surface area contributed by atoms with Gasteiger partial charge in [0.1, 0.15) is 0 Å². The maximum Gasteiger partial charge on any atom is 0.226 e. The van der Waals surface area contributed by atoms with Crippen LogP contribution in [0.4, 0.5) is 0 Å². The van der Waals surface area contributed by atoms with Crippen LogP contribution in [0.3, 0.4) is 0 Å². The van der Waals surface area contributed by atoms with Gasteiger partial charge in [-0.05, 0) is 23.3 Å². The molecule has 0 saturated heterocycles. The summed E-state index contributed by atoms with van der Waals surface area (Å²) in [6, 6.07) is 0. The molecule has 2 rings (SSSR count). The van der Waals surface area contributed by atoms with Crippen LogP contribution >= 0.6 is 0 Å². The van der Waals surface area contributed by atoms with Gasteiger partial charge in [-0.3, -0.25) is 9.59 Å². The van der Waals surface area contributed by atoms with Gasteiger partial charge < -0.3 is 0 Å². The maximum atomic E-state index is 11.0. The summed E-state index contributed by atoms with van der Waals surface area (Å²) < 4.78 is 0. The van der Waals surface area contributed by atoms with Crippen LogP contribution in [0.1, 0.15) is 0 Å². The Kier molecular flexibility index (Phi) is 1.40. The van der Waals surface area contributed by atoms with Crippen molar-refractivity contribution in [1.82, 2.24) is 0 Å². The molecule has 2 heteroatoms.